The van der Waals surface area contributed by atoms with Gasteiger partial charge in [-0.15, -0.1) is 0 Å². The molecule has 0 saturated carbocycles. The first-order chi connectivity index (χ1) is 16.5. The highest BCUT2D eigenvalue weighted by molar-refractivity contribution is 6.13. The third-order valence-electron chi connectivity index (χ3n) is 5.09. The third-order valence-corrected chi connectivity index (χ3v) is 5.09. The summed E-state index contributed by atoms with van der Waals surface area (Å²) < 4.78 is 21.2. The Bertz CT molecular complexity index is 1150. The van der Waals surface area contributed by atoms with Crippen LogP contribution in [0.2, 0.25) is 0 Å². The summed E-state index contributed by atoms with van der Waals surface area (Å²) in [5.41, 5.74) is 2.11. The number of carbonyl (C=O) groups is 2. The Labute approximate surface area is 199 Å². The van der Waals surface area contributed by atoms with E-state index in [0.717, 1.165) is 11.1 Å². The molecule has 0 atom stereocenters. The molecule has 3 aromatic rings. The maximum atomic E-state index is 13.0. The summed E-state index contributed by atoms with van der Waals surface area (Å²) >= 11 is 0. The van der Waals surface area contributed by atoms with Gasteiger partial charge in [-0.3, -0.25) is 9.59 Å². The van der Waals surface area contributed by atoms with Crippen LogP contribution in [0.3, 0.4) is 0 Å². The zero-order chi connectivity index (χ0) is 24.5. The summed E-state index contributed by atoms with van der Waals surface area (Å²) in [4.78, 5) is 26.0. The van der Waals surface area contributed by atoms with Crippen LogP contribution < -0.4 is 18.9 Å². The molecule has 0 N–H and O–H groups in total. The molecule has 0 spiro atoms. The molecule has 0 radical (unpaired) electrons. The van der Waals surface area contributed by atoms with Crippen LogP contribution in [0.25, 0.3) is 12.2 Å². The van der Waals surface area contributed by atoms with E-state index < -0.39 is 0 Å². The number of hydrogen-bond acceptors (Lipinski definition) is 6. The average molecular weight is 459 g/mol. The lowest BCUT2D eigenvalue weighted by molar-refractivity contribution is 0.104. The normalized spacial score (nSPS) is 10.9. The van der Waals surface area contributed by atoms with Crippen molar-refractivity contribution in [3.8, 4) is 23.0 Å². The Morgan fingerprint density at radius 1 is 0.588 bits per heavy atom. The fourth-order valence-corrected chi connectivity index (χ4v) is 3.30. The van der Waals surface area contributed by atoms with Gasteiger partial charge in [0, 0.05) is 6.07 Å². The lowest BCUT2D eigenvalue weighted by Crippen LogP contribution is -2.06. The first kappa shape index (κ1) is 24.3. The molecule has 34 heavy (non-hydrogen) atoms. The second kappa shape index (κ2) is 11.5. The van der Waals surface area contributed by atoms with Gasteiger partial charge in [-0.05, 0) is 53.6 Å². The van der Waals surface area contributed by atoms with Crippen LogP contribution in [0, 0.1) is 0 Å². The first-order valence-corrected chi connectivity index (χ1v) is 10.5. The molecule has 0 fully saturated rings. The Hall–Kier alpha value is -4.32. The van der Waals surface area contributed by atoms with Crippen LogP contribution in [0.1, 0.15) is 31.8 Å². The molecule has 0 saturated heterocycles. The zero-order valence-electron chi connectivity index (χ0n) is 19.5. The van der Waals surface area contributed by atoms with Crippen molar-refractivity contribution in [1.82, 2.24) is 0 Å². The molecule has 0 heterocycles. The van der Waals surface area contributed by atoms with Gasteiger partial charge < -0.3 is 18.9 Å². The predicted octanol–water partition coefficient (Wildman–Crippen LogP) is 5.51. The molecule has 0 unspecified atom stereocenters. The van der Waals surface area contributed by atoms with Gasteiger partial charge in [-0.2, -0.15) is 0 Å². The summed E-state index contributed by atoms with van der Waals surface area (Å²) in [5, 5.41) is 0. The van der Waals surface area contributed by atoms with Crippen molar-refractivity contribution < 1.29 is 28.5 Å². The third kappa shape index (κ3) is 5.92. The largest absolute Gasteiger partial charge is 0.497 e. The van der Waals surface area contributed by atoms with Crippen molar-refractivity contribution in [3.63, 3.8) is 0 Å². The number of hydrogen-bond donors (Lipinski definition) is 0. The van der Waals surface area contributed by atoms with E-state index in [4.69, 9.17) is 18.9 Å². The van der Waals surface area contributed by atoms with Gasteiger partial charge in [-0.1, -0.05) is 36.4 Å². The number of allylic oxidation sites excluding steroid dienone is 2. The van der Waals surface area contributed by atoms with Crippen molar-refractivity contribution in [2.45, 2.75) is 0 Å². The number of carbonyl (C=O) groups excluding carboxylic acids is 2. The minimum Gasteiger partial charge on any atom is -0.497 e. The first-order valence-electron chi connectivity index (χ1n) is 10.5. The average Bonchev–Trinajstić information content (AvgIpc) is 2.89. The van der Waals surface area contributed by atoms with E-state index >= 15 is 0 Å². The lowest BCUT2D eigenvalue weighted by atomic mass is 10.0. The minimum absolute atomic E-state index is 0.251. The van der Waals surface area contributed by atoms with E-state index in [1.165, 1.54) is 32.4 Å². The van der Waals surface area contributed by atoms with E-state index in [2.05, 4.69) is 0 Å². The van der Waals surface area contributed by atoms with Crippen molar-refractivity contribution in [2.24, 2.45) is 0 Å². The van der Waals surface area contributed by atoms with Gasteiger partial charge >= 0.3 is 0 Å². The van der Waals surface area contributed by atoms with E-state index in [1.54, 1.807) is 32.4 Å². The van der Waals surface area contributed by atoms with Crippen LogP contribution in [0.4, 0.5) is 0 Å². The van der Waals surface area contributed by atoms with Crippen molar-refractivity contribution >= 4 is 23.7 Å². The van der Waals surface area contributed by atoms with Gasteiger partial charge in [-0.25, -0.2) is 0 Å². The Morgan fingerprint density at radius 2 is 1.03 bits per heavy atom. The molecular formula is C28H26O6. The molecule has 0 aliphatic heterocycles. The molecule has 0 aromatic heterocycles. The van der Waals surface area contributed by atoms with Crippen LogP contribution in [-0.2, 0) is 0 Å². The van der Waals surface area contributed by atoms with E-state index in [9.17, 15) is 9.59 Å². The van der Waals surface area contributed by atoms with E-state index in [1.807, 2.05) is 48.5 Å². The van der Waals surface area contributed by atoms with Crippen LogP contribution in [0.5, 0.6) is 23.0 Å². The van der Waals surface area contributed by atoms with Crippen molar-refractivity contribution in [3.05, 3.63) is 95.1 Å². The molecule has 0 aliphatic rings. The molecular weight excluding hydrogens is 432 g/mol. The van der Waals surface area contributed by atoms with Gasteiger partial charge in [0.05, 0.1) is 39.6 Å². The fraction of sp³-hybridized carbons (Fsp3) is 0.143. The summed E-state index contributed by atoms with van der Waals surface area (Å²) in [7, 11) is 6.08. The number of benzene rings is 3. The molecule has 3 rings (SSSR count). The topological polar surface area (TPSA) is 71.1 Å². The van der Waals surface area contributed by atoms with Crippen molar-refractivity contribution in [1.29, 1.82) is 0 Å². The van der Waals surface area contributed by atoms with Gasteiger partial charge in [0.1, 0.15) is 23.0 Å². The van der Waals surface area contributed by atoms with E-state index in [0.29, 0.717) is 23.0 Å². The molecule has 174 valence electrons. The Balaban J connectivity index is 1.92. The summed E-state index contributed by atoms with van der Waals surface area (Å²) in [6.07, 6.45) is 6.22. The maximum Gasteiger partial charge on any atom is 0.189 e. The summed E-state index contributed by atoms with van der Waals surface area (Å²) in [6.45, 7) is 0. The lowest BCUT2D eigenvalue weighted by Gasteiger charge is -2.12. The number of rotatable bonds is 10. The second-order valence-electron chi connectivity index (χ2n) is 7.20. The van der Waals surface area contributed by atoms with Crippen LogP contribution >= 0.6 is 0 Å². The SMILES string of the molecule is COc1cccc(C=CC(=O)c2cc(C(=O)C=Cc3cccc(OC)c3)c(OC)cc2OC)c1. The Morgan fingerprint density at radius 3 is 1.41 bits per heavy atom. The Kier molecular flexibility index (Phi) is 8.24. The smallest absolute Gasteiger partial charge is 0.189 e. The minimum atomic E-state index is -0.312. The zero-order valence-corrected chi connectivity index (χ0v) is 19.5. The quantitative estimate of drug-likeness (QED) is 0.295. The fourth-order valence-electron chi connectivity index (χ4n) is 3.30. The summed E-state index contributed by atoms with van der Waals surface area (Å²) in [5.74, 6) is 1.37. The van der Waals surface area contributed by atoms with Crippen LogP contribution in [0.15, 0.2) is 72.8 Å². The van der Waals surface area contributed by atoms with Crippen molar-refractivity contribution in [2.75, 3.05) is 28.4 Å². The van der Waals surface area contributed by atoms with Gasteiger partial charge in [0.25, 0.3) is 0 Å². The standard InChI is InChI=1S/C28H26O6/c1-31-21-9-5-7-19(15-21)11-13-25(29)23-17-24(28(34-4)18-27(23)33-3)26(30)14-12-20-8-6-10-22(16-20)32-2/h5-18H,1-4H3. The van der Waals surface area contributed by atoms with Gasteiger partial charge in [0.2, 0.25) is 0 Å². The maximum absolute atomic E-state index is 13.0. The molecule has 0 bridgehead atoms. The predicted molar refractivity (Wildman–Crippen MR) is 132 cm³/mol. The number of ketones is 2. The monoisotopic (exact) mass is 458 g/mol. The van der Waals surface area contributed by atoms with Crippen LogP contribution in [-0.4, -0.2) is 40.0 Å². The molecule has 0 aliphatic carbocycles. The molecule has 6 heteroatoms. The molecule has 3 aromatic carbocycles. The highest BCUT2D eigenvalue weighted by Crippen LogP contribution is 2.31. The van der Waals surface area contributed by atoms with Gasteiger partial charge in [0.15, 0.2) is 11.6 Å². The highest BCUT2D eigenvalue weighted by Gasteiger charge is 2.19. The molecule has 6 nitrogen and oxygen atoms in total. The summed E-state index contributed by atoms with van der Waals surface area (Å²) in [6, 6.07) is 17.7. The second-order valence-corrected chi connectivity index (χ2v) is 7.20. The number of ether oxygens (including phenoxy) is 4. The molecule has 0 amide bonds. The number of methoxy groups -OCH3 is 4. The van der Waals surface area contributed by atoms with E-state index in [-0.39, 0.29) is 22.7 Å². The highest BCUT2D eigenvalue weighted by atomic mass is 16.5.